The van der Waals surface area contributed by atoms with Crippen molar-refractivity contribution in [1.82, 2.24) is 9.79 Å². The molecule has 1 aromatic heterocycles. The average molecular weight is 364 g/mol. The highest BCUT2D eigenvalue weighted by Gasteiger charge is 2.39. The quantitative estimate of drug-likeness (QED) is 0.798. The second-order valence-electron chi connectivity index (χ2n) is 5.07. The first-order valence-corrected chi connectivity index (χ1v) is 8.48. The van der Waals surface area contributed by atoms with E-state index >= 15 is 0 Å². The summed E-state index contributed by atoms with van der Waals surface area (Å²) in [5.74, 6) is -2.68. The number of carbonyl (C=O) groups excluding carboxylic acids is 3. The molecule has 0 spiro atoms. The summed E-state index contributed by atoms with van der Waals surface area (Å²) >= 11 is 0. The van der Waals surface area contributed by atoms with Gasteiger partial charge in [-0.2, -0.15) is 0 Å². The number of rotatable bonds is 4. The Labute approximate surface area is 142 Å². The first-order valence-electron chi connectivity index (χ1n) is 7.00. The van der Waals surface area contributed by atoms with Gasteiger partial charge in [-0.1, -0.05) is 17.2 Å². The molecule has 130 valence electrons. The molecule has 3 rings (SSSR count). The van der Waals surface area contributed by atoms with Crippen LogP contribution in [0.1, 0.15) is 36.8 Å². The maximum absolute atomic E-state index is 12.2. The second kappa shape index (κ2) is 5.83. The highest BCUT2D eigenvalue weighted by atomic mass is 32.2. The fourth-order valence-electron chi connectivity index (χ4n) is 2.27. The minimum absolute atomic E-state index is 0.0320. The molecule has 2 heterocycles. The van der Waals surface area contributed by atoms with E-state index in [1.54, 1.807) is 12.1 Å². The maximum atomic E-state index is 12.2. The summed E-state index contributed by atoms with van der Waals surface area (Å²) in [4.78, 5) is 41.5. The number of imide groups is 1. The lowest BCUT2D eigenvalue weighted by Gasteiger charge is -2.11. The molecular formula is C15H12N2O7S. The molecule has 2 aromatic rings. The normalized spacial score (nSPS) is 13.9. The third-order valence-corrected chi connectivity index (χ3v) is 4.85. The molecule has 1 N–H and O–H groups in total. The summed E-state index contributed by atoms with van der Waals surface area (Å²) in [6.07, 6.45) is 0. The number of nitrogens with zero attached hydrogens (tertiary/aromatic N) is 1. The van der Waals surface area contributed by atoms with Gasteiger partial charge in [-0.05, 0) is 26.1 Å². The van der Waals surface area contributed by atoms with Gasteiger partial charge in [0.1, 0.15) is 11.3 Å². The monoisotopic (exact) mass is 364 g/mol. The minimum atomic E-state index is -3.90. The summed E-state index contributed by atoms with van der Waals surface area (Å²) < 4.78 is 30.5. The fraction of sp³-hybridized carbons (Fsp3) is 0.133. The number of carbonyl (C=O) groups is 3. The molecule has 2 amide bonds. The predicted molar refractivity (Wildman–Crippen MR) is 82.0 cm³/mol. The summed E-state index contributed by atoms with van der Waals surface area (Å²) in [5.41, 5.74) is 0.00992. The summed E-state index contributed by atoms with van der Waals surface area (Å²) in [6, 6.07) is 6.98. The Hall–Kier alpha value is -2.98. The van der Waals surface area contributed by atoms with Crippen LogP contribution >= 0.6 is 0 Å². The molecule has 9 nitrogen and oxygen atoms in total. The number of nitrogens with one attached hydrogen (secondary N) is 1. The summed E-state index contributed by atoms with van der Waals surface area (Å²) in [7, 11) is -2.71. The van der Waals surface area contributed by atoms with Crippen molar-refractivity contribution in [2.75, 3.05) is 7.05 Å². The van der Waals surface area contributed by atoms with E-state index in [-0.39, 0.29) is 22.5 Å². The molecular weight excluding hydrogens is 352 g/mol. The van der Waals surface area contributed by atoms with Crippen LogP contribution in [0.25, 0.3) is 0 Å². The molecule has 0 saturated carbocycles. The number of amides is 2. The average Bonchev–Trinajstić information content (AvgIpc) is 3.10. The Morgan fingerprint density at radius 3 is 2.24 bits per heavy atom. The first-order chi connectivity index (χ1) is 11.8. The second-order valence-corrected chi connectivity index (χ2v) is 6.89. The number of sulfonamides is 1. The van der Waals surface area contributed by atoms with Crippen molar-refractivity contribution in [1.29, 1.82) is 0 Å². The molecule has 0 radical (unpaired) electrons. The number of hydrogen-bond donors (Lipinski definition) is 1. The Morgan fingerprint density at radius 2 is 1.72 bits per heavy atom. The van der Waals surface area contributed by atoms with Crippen molar-refractivity contribution >= 4 is 27.8 Å². The predicted octanol–water partition coefficient (Wildman–Crippen LogP) is 0.864. The Bertz CT molecular complexity index is 972. The van der Waals surface area contributed by atoms with Gasteiger partial charge in [0.05, 0.1) is 11.1 Å². The van der Waals surface area contributed by atoms with Crippen molar-refractivity contribution in [3.63, 3.8) is 0 Å². The molecule has 1 aliphatic heterocycles. The molecule has 1 aliphatic rings. The highest BCUT2D eigenvalue weighted by molar-refractivity contribution is 7.89. The molecule has 10 heteroatoms. The minimum Gasteiger partial charge on any atom is -0.448 e. The number of benzene rings is 1. The SMILES string of the molecule is CNS(=O)(=O)c1cc(C(=O)ON2C(=O)c3ccccc3C2=O)c(C)o1. The van der Waals surface area contributed by atoms with Gasteiger partial charge in [-0.25, -0.2) is 17.9 Å². The van der Waals surface area contributed by atoms with Gasteiger partial charge in [0.15, 0.2) is 0 Å². The van der Waals surface area contributed by atoms with Crippen LogP contribution in [-0.2, 0) is 14.9 Å². The van der Waals surface area contributed by atoms with Crippen LogP contribution in [0.5, 0.6) is 0 Å². The van der Waals surface area contributed by atoms with E-state index in [1.165, 1.54) is 26.1 Å². The van der Waals surface area contributed by atoms with E-state index < -0.39 is 32.9 Å². The zero-order valence-corrected chi connectivity index (χ0v) is 13.9. The molecule has 0 atom stereocenters. The van der Waals surface area contributed by atoms with Gasteiger partial charge in [-0.3, -0.25) is 9.59 Å². The van der Waals surface area contributed by atoms with Crippen LogP contribution in [0.2, 0.25) is 0 Å². The van der Waals surface area contributed by atoms with Crippen molar-refractivity contribution in [3.8, 4) is 0 Å². The topological polar surface area (TPSA) is 123 Å². The summed E-state index contributed by atoms with van der Waals surface area (Å²) in [5, 5.41) is -0.145. The third-order valence-electron chi connectivity index (χ3n) is 3.58. The van der Waals surface area contributed by atoms with E-state index in [2.05, 4.69) is 0 Å². The van der Waals surface area contributed by atoms with Crippen molar-refractivity contribution < 1.29 is 32.1 Å². The number of hydroxylamine groups is 2. The first kappa shape index (κ1) is 16.9. The zero-order chi connectivity index (χ0) is 18.4. The van der Waals surface area contributed by atoms with Crippen LogP contribution in [-0.4, -0.2) is 38.3 Å². The lowest BCUT2D eigenvalue weighted by Crippen LogP contribution is -2.32. The third kappa shape index (κ3) is 2.71. The van der Waals surface area contributed by atoms with E-state index in [0.717, 1.165) is 6.07 Å². The van der Waals surface area contributed by atoms with E-state index in [4.69, 9.17) is 9.25 Å². The standard InChI is InChI=1S/C15H12N2O7S/c1-8-11(7-12(23-8)25(21,22)16-2)15(20)24-17-13(18)9-5-3-4-6-10(9)14(17)19/h3-7,16H,1-2H3. The van der Waals surface area contributed by atoms with Gasteiger partial charge in [0, 0.05) is 6.07 Å². The lowest BCUT2D eigenvalue weighted by molar-refractivity contribution is -0.0585. The molecule has 0 fully saturated rings. The molecule has 1 aromatic carbocycles. The zero-order valence-electron chi connectivity index (χ0n) is 13.1. The highest BCUT2D eigenvalue weighted by Crippen LogP contribution is 2.25. The number of aryl methyl sites for hydroxylation is 1. The smallest absolute Gasteiger partial charge is 0.367 e. The molecule has 0 unspecified atom stereocenters. The van der Waals surface area contributed by atoms with Crippen molar-refractivity contribution in [2.45, 2.75) is 12.0 Å². The van der Waals surface area contributed by atoms with Crippen LogP contribution in [0.4, 0.5) is 0 Å². The van der Waals surface area contributed by atoms with Crippen molar-refractivity contribution in [3.05, 3.63) is 52.8 Å². The van der Waals surface area contributed by atoms with Crippen LogP contribution in [0, 0.1) is 6.92 Å². The Morgan fingerprint density at radius 1 is 1.16 bits per heavy atom. The van der Waals surface area contributed by atoms with E-state index in [0.29, 0.717) is 5.06 Å². The number of fused-ring (bicyclic) bond motifs is 1. The van der Waals surface area contributed by atoms with Gasteiger partial charge in [-0.15, -0.1) is 0 Å². The molecule has 0 bridgehead atoms. The molecule has 25 heavy (non-hydrogen) atoms. The van der Waals surface area contributed by atoms with Gasteiger partial charge >= 0.3 is 5.97 Å². The Kier molecular flexibility index (Phi) is 3.93. The molecule has 0 aliphatic carbocycles. The fourth-order valence-corrected chi connectivity index (χ4v) is 2.98. The molecule has 0 saturated heterocycles. The van der Waals surface area contributed by atoms with E-state index in [1.807, 2.05) is 4.72 Å². The largest absolute Gasteiger partial charge is 0.448 e. The maximum Gasteiger partial charge on any atom is 0.367 e. The number of hydrogen-bond acceptors (Lipinski definition) is 7. The van der Waals surface area contributed by atoms with Gasteiger partial charge in [0.25, 0.3) is 21.8 Å². The lowest BCUT2D eigenvalue weighted by atomic mass is 10.1. The van der Waals surface area contributed by atoms with Crippen LogP contribution in [0.15, 0.2) is 39.8 Å². The van der Waals surface area contributed by atoms with Crippen LogP contribution in [0.3, 0.4) is 0 Å². The van der Waals surface area contributed by atoms with Crippen molar-refractivity contribution in [2.24, 2.45) is 0 Å². The van der Waals surface area contributed by atoms with Gasteiger partial charge < -0.3 is 9.25 Å². The van der Waals surface area contributed by atoms with E-state index in [9.17, 15) is 22.8 Å². The van der Waals surface area contributed by atoms with Gasteiger partial charge in [0.2, 0.25) is 5.09 Å². The van der Waals surface area contributed by atoms with Crippen LogP contribution < -0.4 is 4.72 Å². The summed E-state index contributed by atoms with van der Waals surface area (Å²) in [6.45, 7) is 1.35. The Balaban J connectivity index is 1.87. The number of furan rings is 1.